The number of esters is 2. The zero-order valence-electron chi connectivity index (χ0n) is 90.0. The number of carboxylic acid groups (broad SMARTS) is 1. The number of benzene rings is 5. The van der Waals surface area contributed by atoms with Gasteiger partial charge in [-0.1, -0.05) is 143 Å². The van der Waals surface area contributed by atoms with Crippen molar-refractivity contribution in [3.63, 3.8) is 0 Å². The van der Waals surface area contributed by atoms with Crippen molar-refractivity contribution in [2.24, 2.45) is 0 Å². The Bertz CT molecular complexity index is 6280. The van der Waals surface area contributed by atoms with Gasteiger partial charge in [0.15, 0.2) is 20.4 Å². The van der Waals surface area contributed by atoms with E-state index in [1.165, 1.54) is 144 Å². The predicted octanol–water partition coefficient (Wildman–Crippen LogP) is 27.0. The molecule has 0 atom stereocenters. The number of carbonyl (C=O) groups is 6. The molecule has 5 aromatic carbocycles. The van der Waals surface area contributed by atoms with E-state index in [1.54, 1.807) is 53.4 Å². The van der Waals surface area contributed by atoms with Crippen molar-refractivity contribution in [3.8, 4) is 28.7 Å². The van der Waals surface area contributed by atoms with Crippen molar-refractivity contribution in [2.45, 2.75) is 325 Å². The van der Waals surface area contributed by atoms with Gasteiger partial charge in [0.05, 0.1) is 84.5 Å². The molecule has 5 fully saturated rings. The molecular formula is C119H152Cl4N10O17. The SMILES string of the molecule is CCOC(=O)CC(=O)Nc1cc(C)c(Cc2ccc(O)c(C3CCCCC3)n2)c(C)c1Cl.CCOC(=O)CC(=O)Nc1cc(C)c(Cc2ccc(OCOC)c(C3CCCCC3)n2)c(C)c1Cl.COCOc1ccc(Cc2c(C)cc(N)c(Cl)c2C)nc1C1CCCCC1.COCOc1ccc(Cc2c(C)cc(N)cc2C)nc1C1CCCCC1.Cc1cc(NC(=O)CC(=O)O)c(Cl)c(C)c1Cc1ccc(O)c(C2CCCCC2)n1. The van der Waals surface area contributed by atoms with E-state index in [2.05, 4.69) is 48.9 Å². The number of carboxylic acids is 1. The Labute approximate surface area is 904 Å². The first kappa shape index (κ1) is 119. The number of anilines is 5. The van der Waals surface area contributed by atoms with Gasteiger partial charge in [0.1, 0.15) is 48.0 Å². The van der Waals surface area contributed by atoms with E-state index in [0.717, 1.165) is 192 Å². The second kappa shape index (κ2) is 58.8. The Morgan fingerprint density at radius 2 is 0.580 bits per heavy atom. The maximum absolute atomic E-state index is 12.2. The number of nitrogen functional groups attached to an aromatic ring is 2. The van der Waals surface area contributed by atoms with Gasteiger partial charge in [-0.05, 0) is 328 Å². The zero-order valence-corrected chi connectivity index (χ0v) is 93.0. The van der Waals surface area contributed by atoms with Crippen LogP contribution < -0.4 is 41.6 Å². The number of carbonyl (C=O) groups excluding carboxylic acids is 5. The maximum Gasteiger partial charge on any atom is 0.315 e. The molecule has 5 saturated carbocycles. The lowest BCUT2D eigenvalue weighted by molar-refractivity contribution is -0.146. The minimum Gasteiger partial charge on any atom is -0.506 e. The van der Waals surface area contributed by atoms with Crippen LogP contribution in [-0.4, -0.2) is 131 Å². The Hall–Kier alpha value is -11.7. The molecule has 0 bridgehead atoms. The molecule has 0 unspecified atom stereocenters. The van der Waals surface area contributed by atoms with Gasteiger partial charge < -0.3 is 80.6 Å². The van der Waals surface area contributed by atoms with Crippen LogP contribution in [-0.2, 0) is 84.6 Å². The summed E-state index contributed by atoms with van der Waals surface area (Å²) in [6.07, 6.45) is 31.7. The average Bonchev–Trinajstić information content (AvgIpc) is 0.794. The molecule has 0 radical (unpaired) electrons. The first-order valence-corrected chi connectivity index (χ1v) is 54.4. The monoisotopic (exact) mass is 2130 g/mol. The first-order valence-electron chi connectivity index (χ1n) is 52.9. The highest BCUT2D eigenvalue weighted by atomic mass is 35.5. The Balaban J connectivity index is 0.000000178. The average molecular weight is 2140 g/mol. The van der Waals surface area contributed by atoms with Crippen molar-refractivity contribution in [1.29, 1.82) is 0 Å². The van der Waals surface area contributed by atoms with Crippen LogP contribution in [0.2, 0.25) is 20.1 Å². The van der Waals surface area contributed by atoms with Crippen molar-refractivity contribution in [2.75, 3.05) is 82.3 Å². The quantitative estimate of drug-likeness (QED) is 0.00791. The summed E-state index contributed by atoms with van der Waals surface area (Å²) < 4.78 is 42.4. The van der Waals surface area contributed by atoms with Crippen molar-refractivity contribution < 1.29 is 82.0 Å². The smallest absolute Gasteiger partial charge is 0.315 e. The number of nitrogens with two attached hydrogens (primary N) is 2. The van der Waals surface area contributed by atoms with Gasteiger partial charge in [-0.15, -0.1) is 0 Å². The van der Waals surface area contributed by atoms with E-state index in [0.29, 0.717) is 91.7 Å². The van der Waals surface area contributed by atoms with Crippen LogP contribution in [0.4, 0.5) is 28.4 Å². The van der Waals surface area contributed by atoms with Crippen LogP contribution in [0.1, 0.15) is 364 Å². The summed E-state index contributed by atoms with van der Waals surface area (Å²) in [5.74, 6) is 1.11. The van der Waals surface area contributed by atoms with E-state index in [9.17, 15) is 39.0 Å². The summed E-state index contributed by atoms with van der Waals surface area (Å²) in [6.45, 7) is 24.5. The van der Waals surface area contributed by atoms with Crippen molar-refractivity contribution >= 4 is 110 Å². The van der Waals surface area contributed by atoms with Crippen LogP contribution >= 0.6 is 46.4 Å². The number of aliphatic carboxylic acids is 1. The molecule has 31 heteroatoms. The number of hydrogen-bond donors (Lipinski definition) is 8. The fourth-order valence-electron chi connectivity index (χ4n) is 21.1. The number of aryl methyl sites for hydroxylation is 6. The summed E-state index contributed by atoms with van der Waals surface area (Å²) in [6, 6.07) is 30.8. The standard InChI is InChI=1S/C27H35ClN2O5.C25H31ClN2O4.C23H27ClN2O4.C22H29ClN2O2.C22H30N2O2/c1-5-34-25(32)15-24(31)30-22-13-17(2)21(18(3)26(22)28)14-20-11-12-23(35-16-33-4)27(29-20)19-9-7-6-8-10-19;1-4-32-23(31)14-22(30)28-20-12-15(2)19(16(3)24(20)26)13-18-10-11-21(29)25(27-18)17-8-6-5-7-9-17;1-13-10-18(26-20(28)12-21(29)30)22(24)14(2)17(13)11-16-8-9-19(27)23(25-16)15-6-4-3-5-7-15;1-14-11-19(24)21(23)15(2)18(14)12-17-9-10-20(27-13-26-3)22(25-17)16-7-5-4-6-8-16;1-15-11-18(23)12-16(2)20(15)13-19-9-10-21(26-14-25-3)22(24-19)17-7-5-4-6-8-17/h11-13,19H,5-10,14-16H2,1-4H3,(H,30,31);10-12,17,29H,4-9,13-14H2,1-3H3,(H,28,30);8-10,15,27H,3-7,11-12H2,1-2H3,(H,26,28)(H,29,30);9-11,16H,4-8,12-13,24H2,1-3H3;9-12,17H,4-8,13-14,23H2,1-3H3. The molecule has 27 nitrogen and oxygen atoms in total. The van der Waals surface area contributed by atoms with Crippen LogP contribution in [0.25, 0.3) is 0 Å². The second-order valence-electron chi connectivity index (χ2n) is 40.2. The molecule has 10 N–H and O–H groups in total. The molecule has 0 saturated heterocycles. The molecular weight excluding hydrogens is 1980 g/mol. The lowest BCUT2D eigenvalue weighted by Gasteiger charge is -2.24. The Morgan fingerprint density at radius 1 is 0.333 bits per heavy atom. The fourth-order valence-corrected chi connectivity index (χ4v) is 21.9. The number of nitrogens with one attached hydrogen (secondary N) is 3. The summed E-state index contributed by atoms with van der Waals surface area (Å²) in [7, 11) is 4.90. The maximum atomic E-state index is 12.2. The topological polar surface area (TPSA) is 390 Å². The minimum atomic E-state index is -1.19. The van der Waals surface area contributed by atoms with Gasteiger partial charge in [-0.2, -0.15) is 0 Å². The number of aromatic hydroxyl groups is 2. The third-order valence-corrected chi connectivity index (χ3v) is 31.0. The Kier molecular flexibility index (Phi) is 46.5. The number of hydrogen-bond acceptors (Lipinski definition) is 23. The molecule has 5 aliphatic rings. The summed E-state index contributed by atoms with van der Waals surface area (Å²) in [5.41, 5.74) is 40.0. The van der Waals surface area contributed by atoms with Crippen LogP contribution in [0.15, 0.2) is 97.1 Å². The van der Waals surface area contributed by atoms with Gasteiger partial charge in [0, 0.05) is 117 Å². The molecule has 808 valence electrons. The summed E-state index contributed by atoms with van der Waals surface area (Å²) in [4.78, 5) is 94.8. The number of aromatic nitrogens is 5. The van der Waals surface area contributed by atoms with Crippen molar-refractivity contribution in [3.05, 3.63) is 258 Å². The van der Waals surface area contributed by atoms with Gasteiger partial charge in [0.25, 0.3) is 0 Å². The molecule has 0 spiro atoms. The lowest BCUT2D eigenvalue weighted by atomic mass is 9.86. The van der Waals surface area contributed by atoms with Crippen LogP contribution in [0.3, 0.4) is 0 Å². The molecule has 150 heavy (non-hydrogen) atoms. The molecule has 0 aliphatic heterocycles. The molecule has 3 amide bonds. The number of pyridine rings is 5. The predicted molar refractivity (Wildman–Crippen MR) is 594 cm³/mol. The van der Waals surface area contributed by atoms with E-state index in [-0.39, 0.29) is 57.9 Å². The summed E-state index contributed by atoms with van der Waals surface area (Å²) in [5, 5.41) is 39.4. The fraction of sp³-hybridized carbons (Fsp3) is 0.487. The van der Waals surface area contributed by atoms with Gasteiger partial charge in [0.2, 0.25) is 17.7 Å². The number of nitrogens with zero attached hydrogens (tertiary/aromatic N) is 5. The van der Waals surface area contributed by atoms with E-state index >= 15 is 0 Å². The zero-order chi connectivity index (χ0) is 108. The normalized spacial score (nSPS) is 14.6. The molecule has 5 aromatic heterocycles. The van der Waals surface area contributed by atoms with Crippen molar-refractivity contribution in [1.82, 2.24) is 24.9 Å². The highest BCUT2D eigenvalue weighted by Gasteiger charge is 2.31. The summed E-state index contributed by atoms with van der Waals surface area (Å²) >= 11 is 26.0. The van der Waals surface area contributed by atoms with Gasteiger partial charge in [-0.25, -0.2) is 0 Å². The number of ether oxygens (including phenoxy) is 8. The third-order valence-electron chi connectivity index (χ3n) is 29.0. The molecule has 15 rings (SSSR count). The molecule has 10 aromatic rings. The highest BCUT2D eigenvalue weighted by Crippen LogP contribution is 2.46. The third kappa shape index (κ3) is 33.9. The minimum absolute atomic E-state index is 0.192. The van der Waals surface area contributed by atoms with E-state index < -0.39 is 42.1 Å². The second-order valence-corrected chi connectivity index (χ2v) is 41.7. The number of amides is 3. The number of rotatable bonds is 35. The largest absolute Gasteiger partial charge is 0.506 e. The lowest BCUT2D eigenvalue weighted by Crippen LogP contribution is -2.18. The highest BCUT2D eigenvalue weighted by molar-refractivity contribution is 6.36. The van der Waals surface area contributed by atoms with Gasteiger partial charge >= 0.3 is 17.9 Å². The number of methoxy groups -OCH3 is 3. The van der Waals surface area contributed by atoms with Crippen LogP contribution in [0, 0.1) is 69.2 Å². The Morgan fingerprint density at radius 3 is 0.860 bits per heavy atom. The number of halogens is 4. The molecule has 5 aliphatic carbocycles. The first-order chi connectivity index (χ1) is 72.0. The van der Waals surface area contributed by atoms with E-state index in [1.807, 2.05) is 115 Å². The van der Waals surface area contributed by atoms with E-state index in [4.69, 9.17) is 126 Å². The van der Waals surface area contributed by atoms with Crippen LogP contribution in [0.5, 0.6) is 28.7 Å². The molecule has 5 heterocycles. The van der Waals surface area contributed by atoms with Gasteiger partial charge in [-0.3, -0.25) is 53.7 Å².